The van der Waals surface area contributed by atoms with E-state index in [1.807, 2.05) is 13.8 Å². The number of ether oxygens (including phenoxy) is 2. The van der Waals surface area contributed by atoms with Crippen molar-refractivity contribution in [3.63, 3.8) is 0 Å². The second-order valence-electron chi connectivity index (χ2n) is 6.69. The molecule has 2 fully saturated rings. The number of fused-ring (bicyclic) bond motifs is 1. The summed E-state index contributed by atoms with van der Waals surface area (Å²) < 4.78 is 41.2. The molecule has 24 heavy (non-hydrogen) atoms. The predicted molar refractivity (Wildman–Crippen MR) is 89.3 cm³/mol. The SMILES string of the molecule is CCn1ncc(S(=O)(=O)N2CC[C@]3(OC)CC[C@H](OC)C[C@H]23)c1C. The fourth-order valence-corrected chi connectivity index (χ4v) is 6.11. The van der Waals surface area contributed by atoms with E-state index in [1.54, 1.807) is 23.2 Å². The Balaban J connectivity index is 1.97. The first-order chi connectivity index (χ1) is 11.4. The number of hydrogen-bond donors (Lipinski definition) is 0. The van der Waals surface area contributed by atoms with Gasteiger partial charge in [-0.05, 0) is 39.5 Å². The van der Waals surface area contributed by atoms with Gasteiger partial charge < -0.3 is 9.47 Å². The standard InChI is InChI=1S/C16H27N3O4S/c1-5-18-12(2)14(11-17-18)24(20,21)19-9-8-16(23-4)7-6-13(22-3)10-15(16)19/h11,13,15H,5-10H2,1-4H3/t13-,15-,16+/m0/s1. The van der Waals surface area contributed by atoms with Crippen molar-refractivity contribution in [1.29, 1.82) is 0 Å². The number of rotatable bonds is 5. The van der Waals surface area contributed by atoms with Crippen molar-refractivity contribution in [2.75, 3.05) is 20.8 Å². The first-order valence-corrected chi connectivity index (χ1v) is 9.96. The van der Waals surface area contributed by atoms with Gasteiger partial charge >= 0.3 is 0 Å². The summed E-state index contributed by atoms with van der Waals surface area (Å²) in [5.41, 5.74) is 0.294. The maximum absolute atomic E-state index is 13.3. The molecule has 1 aromatic heterocycles. The van der Waals surface area contributed by atoms with Gasteiger partial charge in [0.25, 0.3) is 0 Å². The van der Waals surface area contributed by atoms with Crippen LogP contribution in [0, 0.1) is 6.92 Å². The van der Waals surface area contributed by atoms with Crippen molar-refractivity contribution >= 4 is 10.0 Å². The van der Waals surface area contributed by atoms with Crippen LogP contribution in [0.15, 0.2) is 11.1 Å². The van der Waals surface area contributed by atoms with Gasteiger partial charge in [-0.25, -0.2) is 8.42 Å². The van der Waals surface area contributed by atoms with E-state index >= 15 is 0 Å². The second kappa shape index (κ2) is 6.40. The van der Waals surface area contributed by atoms with Gasteiger partial charge in [0.2, 0.25) is 10.0 Å². The minimum Gasteiger partial charge on any atom is -0.381 e. The van der Waals surface area contributed by atoms with E-state index in [1.165, 1.54) is 6.20 Å². The third-order valence-corrected chi connectivity index (χ3v) is 7.78. The van der Waals surface area contributed by atoms with E-state index in [2.05, 4.69) is 5.10 Å². The molecule has 0 aromatic carbocycles. The summed E-state index contributed by atoms with van der Waals surface area (Å²) in [7, 11) is -0.215. The monoisotopic (exact) mass is 357 g/mol. The highest BCUT2D eigenvalue weighted by Crippen LogP contribution is 2.45. The van der Waals surface area contributed by atoms with Crippen LogP contribution in [0.2, 0.25) is 0 Å². The number of aromatic nitrogens is 2. The van der Waals surface area contributed by atoms with Crippen molar-refractivity contribution in [2.24, 2.45) is 0 Å². The molecule has 1 aliphatic heterocycles. The topological polar surface area (TPSA) is 73.7 Å². The average Bonchev–Trinajstić information content (AvgIpc) is 3.15. The van der Waals surface area contributed by atoms with Crippen LogP contribution in [-0.4, -0.2) is 61.0 Å². The largest absolute Gasteiger partial charge is 0.381 e. The van der Waals surface area contributed by atoms with Crippen molar-refractivity contribution in [2.45, 2.75) is 68.7 Å². The number of aryl methyl sites for hydroxylation is 1. The Morgan fingerprint density at radius 2 is 2.12 bits per heavy atom. The summed E-state index contributed by atoms with van der Waals surface area (Å²) in [6, 6.07) is -0.185. The van der Waals surface area contributed by atoms with Crippen LogP contribution in [0.3, 0.4) is 0 Å². The molecule has 2 aliphatic rings. The van der Waals surface area contributed by atoms with Crippen LogP contribution >= 0.6 is 0 Å². The fourth-order valence-electron chi connectivity index (χ4n) is 4.25. The van der Waals surface area contributed by atoms with E-state index in [0.717, 1.165) is 19.3 Å². The molecular formula is C16H27N3O4S. The summed E-state index contributed by atoms with van der Waals surface area (Å²) in [4.78, 5) is 0.302. The molecule has 1 saturated carbocycles. The van der Waals surface area contributed by atoms with E-state index in [0.29, 0.717) is 30.1 Å². The quantitative estimate of drug-likeness (QED) is 0.799. The van der Waals surface area contributed by atoms with Gasteiger partial charge in [0.05, 0.1) is 29.6 Å². The first-order valence-electron chi connectivity index (χ1n) is 8.52. The maximum atomic E-state index is 13.3. The van der Waals surface area contributed by atoms with Crippen molar-refractivity contribution in [1.82, 2.24) is 14.1 Å². The average molecular weight is 357 g/mol. The van der Waals surface area contributed by atoms with Crippen LogP contribution < -0.4 is 0 Å². The summed E-state index contributed by atoms with van der Waals surface area (Å²) >= 11 is 0. The fraction of sp³-hybridized carbons (Fsp3) is 0.812. The highest BCUT2D eigenvalue weighted by atomic mass is 32.2. The lowest BCUT2D eigenvalue weighted by Crippen LogP contribution is -2.53. The van der Waals surface area contributed by atoms with Crippen LogP contribution in [0.5, 0.6) is 0 Å². The molecule has 136 valence electrons. The smallest absolute Gasteiger partial charge is 0.246 e. The lowest BCUT2D eigenvalue weighted by Gasteiger charge is -2.42. The number of sulfonamides is 1. The number of nitrogens with zero attached hydrogens (tertiary/aromatic N) is 3. The summed E-state index contributed by atoms with van der Waals surface area (Å²) in [5, 5.41) is 4.20. The molecule has 0 amide bonds. The Kier molecular flexibility index (Phi) is 4.76. The Morgan fingerprint density at radius 1 is 1.38 bits per heavy atom. The van der Waals surface area contributed by atoms with Gasteiger partial charge in [-0.1, -0.05) is 0 Å². The molecule has 1 saturated heterocycles. The third-order valence-electron chi connectivity index (χ3n) is 5.77. The highest BCUT2D eigenvalue weighted by Gasteiger charge is 2.55. The molecular weight excluding hydrogens is 330 g/mol. The normalized spacial score (nSPS) is 31.3. The van der Waals surface area contributed by atoms with E-state index in [9.17, 15) is 8.42 Å². The van der Waals surface area contributed by atoms with Gasteiger partial charge in [-0.2, -0.15) is 9.40 Å². The highest BCUT2D eigenvalue weighted by molar-refractivity contribution is 7.89. The summed E-state index contributed by atoms with van der Waals surface area (Å²) in [6.07, 6.45) is 4.67. The van der Waals surface area contributed by atoms with Gasteiger partial charge in [0.1, 0.15) is 4.90 Å². The van der Waals surface area contributed by atoms with E-state index in [4.69, 9.17) is 9.47 Å². The van der Waals surface area contributed by atoms with Crippen molar-refractivity contribution in [3.05, 3.63) is 11.9 Å². The molecule has 0 N–H and O–H groups in total. The van der Waals surface area contributed by atoms with Crippen LogP contribution in [0.4, 0.5) is 0 Å². The van der Waals surface area contributed by atoms with Crippen LogP contribution in [0.25, 0.3) is 0 Å². The zero-order valence-corrected chi connectivity index (χ0v) is 15.7. The Morgan fingerprint density at radius 3 is 2.71 bits per heavy atom. The van der Waals surface area contributed by atoms with Gasteiger partial charge in [0.15, 0.2) is 0 Å². The first kappa shape index (κ1) is 17.8. The van der Waals surface area contributed by atoms with Gasteiger partial charge in [0, 0.05) is 27.3 Å². The molecule has 8 heteroatoms. The molecule has 0 radical (unpaired) electrons. The zero-order valence-electron chi connectivity index (χ0n) is 14.9. The number of methoxy groups -OCH3 is 2. The molecule has 0 bridgehead atoms. The Labute approximate surface area is 144 Å². The molecule has 0 unspecified atom stereocenters. The second-order valence-corrected chi connectivity index (χ2v) is 8.55. The third kappa shape index (κ3) is 2.60. The minimum atomic E-state index is -3.59. The summed E-state index contributed by atoms with van der Waals surface area (Å²) in [5.74, 6) is 0. The van der Waals surface area contributed by atoms with Crippen LogP contribution in [0.1, 0.15) is 38.3 Å². The maximum Gasteiger partial charge on any atom is 0.246 e. The molecule has 7 nitrogen and oxygen atoms in total. The van der Waals surface area contributed by atoms with E-state index in [-0.39, 0.29) is 12.1 Å². The zero-order chi connectivity index (χ0) is 17.5. The molecule has 3 rings (SSSR count). The lowest BCUT2D eigenvalue weighted by molar-refractivity contribution is -0.0847. The molecule has 1 aliphatic carbocycles. The van der Waals surface area contributed by atoms with Gasteiger partial charge in [-0.3, -0.25) is 4.68 Å². The Hall–Kier alpha value is -0.960. The number of hydrogen-bond acceptors (Lipinski definition) is 5. The summed E-state index contributed by atoms with van der Waals surface area (Å²) in [6.45, 7) is 4.89. The van der Waals surface area contributed by atoms with Crippen LogP contribution in [-0.2, 0) is 26.0 Å². The van der Waals surface area contributed by atoms with Crippen molar-refractivity contribution in [3.8, 4) is 0 Å². The van der Waals surface area contributed by atoms with Gasteiger partial charge in [-0.15, -0.1) is 0 Å². The molecule has 1 aromatic rings. The van der Waals surface area contributed by atoms with E-state index < -0.39 is 15.6 Å². The lowest BCUT2D eigenvalue weighted by atomic mass is 9.79. The molecule has 2 heterocycles. The molecule has 0 spiro atoms. The Bertz CT molecular complexity index is 702. The predicted octanol–water partition coefficient (Wildman–Crippen LogP) is 1.56. The van der Waals surface area contributed by atoms with Crippen molar-refractivity contribution < 1.29 is 17.9 Å². The molecule has 3 atom stereocenters. The minimum absolute atomic E-state index is 0.0773.